The summed E-state index contributed by atoms with van der Waals surface area (Å²) < 4.78 is 0. The van der Waals surface area contributed by atoms with Gasteiger partial charge in [-0.1, -0.05) is 0 Å². The molecule has 0 bridgehead atoms. The fraction of sp³-hybridized carbons (Fsp3) is 0.333. The minimum absolute atomic E-state index is 1.38. The number of nitrogens with zero attached hydrogens (tertiary/aromatic N) is 2. The van der Waals surface area contributed by atoms with Crippen molar-refractivity contribution in [3.05, 3.63) is 0 Å². The fourth-order valence-electron chi connectivity index (χ4n) is 0.177. The number of rotatable bonds is 3. The second-order valence-electron chi connectivity index (χ2n) is 1.16. The van der Waals surface area contributed by atoms with Crippen molar-refractivity contribution >= 4 is 7.32 Å². The van der Waals surface area contributed by atoms with Gasteiger partial charge in [-0.05, 0) is 0 Å². The van der Waals surface area contributed by atoms with Crippen LogP contribution in [0, 0.1) is 22.7 Å². The maximum Gasteiger partial charge on any atom is 0.662 e. The van der Waals surface area contributed by atoms with Gasteiger partial charge in [0.15, 0.2) is 0 Å². The average Bonchev–Trinajstić information content (AvgIpc) is 1.90. The van der Waals surface area contributed by atoms with Gasteiger partial charge in [0.25, 0.3) is 6.10 Å². The quantitative estimate of drug-likeness (QED) is 0.277. The van der Waals surface area contributed by atoms with Crippen molar-refractivity contribution in [1.82, 2.24) is 0 Å². The summed E-state index contributed by atoms with van der Waals surface area (Å²) in [5, 5.41) is 32.0. The third-order valence-corrected chi connectivity index (χ3v) is 0.472. The van der Waals surface area contributed by atoms with Gasteiger partial charge < -0.3 is 10.0 Å². The van der Waals surface area contributed by atoms with Gasteiger partial charge in [-0.3, -0.25) is 0 Å². The van der Waals surface area contributed by atoms with E-state index < -0.39 is 13.4 Å². The van der Waals surface area contributed by atoms with E-state index in [0.717, 1.165) is 0 Å². The van der Waals surface area contributed by atoms with E-state index in [0.29, 0.717) is 0 Å². The maximum atomic E-state index is 8.00. The van der Waals surface area contributed by atoms with Gasteiger partial charge in [-0.15, -0.1) is 0 Å². The largest absolute Gasteiger partial charge is 0.662 e. The molecule has 6 nitrogen and oxygen atoms in total. The molecule has 0 saturated carbocycles. The summed E-state index contributed by atoms with van der Waals surface area (Å²) in [7, 11) is -2.14. The van der Waals surface area contributed by atoms with Gasteiger partial charge in [0.1, 0.15) is 12.1 Å². The van der Waals surface area contributed by atoms with Gasteiger partial charge in [0, 0.05) is 0 Å². The molecule has 2 N–H and O–H groups in total. The molecule has 0 heterocycles. The Morgan fingerprint density at radius 3 is 2.10 bits per heavy atom. The van der Waals surface area contributed by atoms with Crippen LogP contribution in [0.25, 0.3) is 0 Å². The lowest BCUT2D eigenvalue weighted by Crippen LogP contribution is -2.20. The SMILES string of the molecule is N#CC(C#N)OOB(O)O. The number of nitriles is 2. The van der Waals surface area contributed by atoms with E-state index in [1.165, 1.54) is 12.1 Å². The Kier molecular flexibility index (Phi) is 4.21. The molecule has 0 radical (unpaired) electrons. The third-order valence-electron chi connectivity index (χ3n) is 0.472. The van der Waals surface area contributed by atoms with Crippen LogP contribution in [0.5, 0.6) is 0 Å². The average molecular weight is 142 g/mol. The van der Waals surface area contributed by atoms with Gasteiger partial charge in [-0.2, -0.15) is 10.5 Å². The summed E-state index contributed by atoms with van der Waals surface area (Å²) in [5.74, 6) is 0. The van der Waals surface area contributed by atoms with E-state index in [-0.39, 0.29) is 0 Å². The van der Waals surface area contributed by atoms with Crippen LogP contribution < -0.4 is 0 Å². The molecule has 0 aromatic carbocycles. The van der Waals surface area contributed by atoms with Crippen LogP contribution >= 0.6 is 0 Å². The van der Waals surface area contributed by atoms with Crippen LogP contribution in [0.4, 0.5) is 0 Å². The molecule has 0 aliphatic rings. The molecule has 0 unspecified atom stereocenters. The molecule has 0 spiro atoms. The number of hydrogen-bond acceptors (Lipinski definition) is 6. The van der Waals surface area contributed by atoms with Crippen molar-refractivity contribution in [2.45, 2.75) is 6.10 Å². The lowest BCUT2D eigenvalue weighted by molar-refractivity contribution is -0.242. The van der Waals surface area contributed by atoms with Gasteiger partial charge in [0.05, 0.1) is 0 Å². The molecular formula is C3H3BN2O4. The van der Waals surface area contributed by atoms with Crippen molar-refractivity contribution in [3.63, 3.8) is 0 Å². The zero-order valence-corrected chi connectivity index (χ0v) is 4.76. The molecule has 0 aliphatic carbocycles. The maximum absolute atomic E-state index is 8.00. The first-order chi connectivity index (χ1) is 4.70. The van der Waals surface area contributed by atoms with Crippen LogP contribution in [0.1, 0.15) is 0 Å². The summed E-state index contributed by atoms with van der Waals surface area (Å²) in [5.41, 5.74) is 0. The highest BCUT2D eigenvalue weighted by Gasteiger charge is 2.14. The first-order valence-electron chi connectivity index (χ1n) is 2.18. The summed E-state index contributed by atoms with van der Waals surface area (Å²) in [6.45, 7) is 0. The van der Waals surface area contributed by atoms with Crippen LogP contribution in [0.2, 0.25) is 0 Å². The molecule has 0 rings (SSSR count). The van der Waals surface area contributed by atoms with E-state index in [9.17, 15) is 0 Å². The summed E-state index contributed by atoms with van der Waals surface area (Å²) in [6, 6.07) is 2.75. The first-order valence-corrected chi connectivity index (χ1v) is 2.18. The lowest BCUT2D eigenvalue weighted by Gasteiger charge is -1.99. The van der Waals surface area contributed by atoms with Crippen LogP contribution in [-0.4, -0.2) is 23.5 Å². The predicted octanol–water partition coefficient (Wildman–Crippen LogP) is -1.68. The minimum Gasteiger partial charge on any atom is -0.400 e. The van der Waals surface area contributed by atoms with E-state index in [1.807, 2.05) is 0 Å². The second kappa shape index (κ2) is 4.73. The van der Waals surface area contributed by atoms with Crippen LogP contribution in [0.3, 0.4) is 0 Å². The molecule has 0 amide bonds. The first kappa shape index (κ1) is 8.88. The fourth-order valence-corrected chi connectivity index (χ4v) is 0.177. The summed E-state index contributed by atoms with van der Waals surface area (Å²) in [6.07, 6.45) is -1.44. The lowest BCUT2D eigenvalue weighted by atomic mass is 10.3. The van der Waals surface area contributed by atoms with Crippen molar-refractivity contribution in [1.29, 1.82) is 10.5 Å². The molecule has 0 aromatic rings. The zero-order chi connectivity index (χ0) is 7.98. The van der Waals surface area contributed by atoms with E-state index in [2.05, 4.69) is 9.69 Å². The molecule has 7 heteroatoms. The van der Waals surface area contributed by atoms with Gasteiger partial charge in [-0.25, -0.2) is 9.69 Å². The Balaban J connectivity index is 3.51. The molecule has 0 atom stereocenters. The van der Waals surface area contributed by atoms with E-state index >= 15 is 0 Å². The van der Waals surface area contributed by atoms with Crippen molar-refractivity contribution in [2.75, 3.05) is 0 Å². The Morgan fingerprint density at radius 1 is 1.30 bits per heavy atom. The molecule has 0 aliphatic heterocycles. The molecule has 0 fully saturated rings. The highest BCUT2D eigenvalue weighted by molar-refractivity contribution is 6.32. The molecule has 0 saturated heterocycles. The molecule has 0 aromatic heterocycles. The van der Waals surface area contributed by atoms with Crippen LogP contribution in [0.15, 0.2) is 0 Å². The smallest absolute Gasteiger partial charge is 0.400 e. The van der Waals surface area contributed by atoms with Crippen molar-refractivity contribution in [2.24, 2.45) is 0 Å². The monoisotopic (exact) mass is 142 g/mol. The number of hydrogen-bond donors (Lipinski definition) is 2. The summed E-state index contributed by atoms with van der Waals surface area (Å²) in [4.78, 5) is 7.53. The third kappa shape index (κ3) is 3.84. The van der Waals surface area contributed by atoms with Crippen LogP contribution in [-0.2, 0) is 9.69 Å². The Labute approximate surface area is 56.9 Å². The Morgan fingerprint density at radius 2 is 1.80 bits per heavy atom. The highest BCUT2D eigenvalue weighted by atomic mass is 17.2. The van der Waals surface area contributed by atoms with E-state index in [1.54, 1.807) is 0 Å². The Hall–Kier alpha value is -1.12. The Bertz CT molecular complexity index is 156. The van der Waals surface area contributed by atoms with Gasteiger partial charge in [0.2, 0.25) is 0 Å². The zero-order valence-electron chi connectivity index (χ0n) is 4.76. The summed E-state index contributed by atoms with van der Waals surface area (Å²) >= 11 is 0. The standard InChI is InChI=1S/C3H3BN2O4/c5-1-3(2-6)9-10-4(7)8/h3,7-8H. The minimum atomic E-state index is -2.14. The van der Waals surface area contributed by atoms with E-state index in [4.69, 9.17) is 20.6 Å². The molecular weight excluding hydrogens is 139 g/mol. The van der Waals surface area contributed by atoms with Gasteiger partial charge >= 0.3 is 7.32 Å². The normalized spacial score (nSPS) is 8.50. The molecule has 10 heavy (non-hydrogen) atoms. The van der Waals surface area contributed by atoms with Crippen molar-refractivity contribution < 1.29 is 19.7 Å². The topological polar surface area (TPSA) is 107 Å². The highest BCUT2D eigenvalue weighted by Crippen LogP contribution is 1.88. The second-order valence-corrected chi connectivity index (χ2v) is 1.16. The van der Waals surface area contributed by atoms with Crippen molar-refractivity contribution in [3.8, 4) is 12.1 Å². The molecule has 52 valence electrons. The predicted molar refractivity (Wildman–Crippen MR) is 27.4 cm³/mol.